The van der Waals surface area contributed by atoms with E-state index in [-0.39, 0.29) is 0 Å². The molecule has 0 unspecified atom stereocenters. The summed E-state index contributed by atoms with van der Waals surface area (Å²) in [4.78, 5) is 0. The molecule has 1 rings (SSSR count). The van der Waals surface area contributed by atoms with Gasteiger partial charge in [-0.2, -0.15) is 0 Å². The molecule has 0 aliphatic rings. The Balaban J connectivity index is 3.20. The third-order valence-corrected chi connectivity index (χ3v) is 2.46. The highest BCUT2D eigenvalue weighted by molar-refractivity contribution is 9.15. The van der Waals surface area contributed by atoms with Crippen molar-refractivity contribution in [2.75, 3.05) is 0 Å². The largest absolute Gasteiger partial charge is 0.0841 e. The van der Waals surface area contributed by atoms with E-state index in [9.17, 15) is 0 Å². The Hall–Kier alpha value is 0.210. The van der Waals surface area contributed by atoms with Gasteiger partial charge >= 0.3 is 0 Å². The highest BCUT2D eigenvalue weighted by Gasteiger charge is 2.01. The fourth-order valence-corrected chi connectivity index (χ4v) is 1.96. The predicted molar refractivity (Wildman–Crippen MR) is 57.1 cm³/mol. The fourth-order valence-electron chi connectivity index (χ4n) is 0.709. The van der Waals surface area contributed by atoms with Crippen LogP contribution >= 0.6 is 43.5 Å². The monoisotopic (exact) mass is 294 g/mol. The number of hydrogen-bond donors (Lipinski definition) is 0. The number of benzene rings is 1. The van der Waals surface area contributed by atoms with E-state index in [2.05, 4.69) is 38.4 Å². The smallest absolute Gasteiger partial charge is 0.0500 e. The summed E-state index contributed by atoms with van der Waals surface area (Å²) >= 11 is 12.5. The second-order valence-electron chi connectivity index (χ2n) is 2.03. The minimum Gasteiger partial charge on any atom is -0.0841 e. The first kappa shape index (κ1) is 9.30. The normalized spacial score (nSPS) is 9.73. The van der Waals surface area contributed by atoms with Gasteiger partial charge in [0.15, 0.2) is 0 Å². The van der Waals surface area contributed by atoms with Crippen LogP contribution in [0.25, 0.3) is 4.48 Å². The summed E-state index contributed by atoms with van der Waals surface area (Å²) in [5.41, 5.74) is 0.926. The van der Waals surface area contributed by atoms with E-state index in [1.165, 1.54) is 0 Å². The average Bonchev–Trinajstić information content (AvgIpc) is 1.85. The van der Waals surface area contributed by atoms with Crippen molar-refractivity contribution in [1.29, 1.82) is 0 Å². The molecule has 0 nitrogen and oxygen atoms in total. The summed E-state index contributed by atoms with van der Waals surface area (Å²) in [6.07, 6.45) is 0. The second kappa shape index (κ2) is 3.74. The molecule has 0 heterocycles. The zero-order valence-corrected chi connectivity index (χ0v) is 9.50. The third-order valence-electron chi connectivity index (χ3n) is 1.22. The minimum absolute atomic E-state index is 0.696. The van der Waals surface area contributed by atoms with Crippen molar-refractivity contribution >= 4 is 47.9 Å². The lowest BCUT2D eigenvalue weighted by atomic mass is 10.2. The van der Waals surface area contributed by atoms with Crippen LogP contribution in [0, 0.1) is 0 Å². The molecule has 0 aromatic heterocycles. The lowest BCUT2D eigenvalue weighted by molar-refractivity contribution is 1.61. The molecule has 0 fully saturated rings. The van der Waals surface area contributed by atoms with Crippen molar-refractivity contribution in [3.63, 3.8) is 0 Å². The molecular weight excluding hydrogens is 291 g/mol. The minimum atomic E-state index is 0.696. The summed E-state index contributed by atoms with van der Waals surface area (Å²) in [7, 11) is 0. The topological polar surface area (TPSA) is 0 Å². The summed E-state index contributed by atoms with van der Waals surface area (Å²) in [6, 6.07) is 5.67. The van der Waals surface area contributed by atoms with E-state index < -0.39 is 0 Å². The molecule has 11 heavy (non-hydrogen) atoms. The second-order valence-corrected chi connectivity index (χ2v) is 4.31. The molecule has 1 aromatic rings. The van der Waals surface area contributed by atoms with Crippen LogP contribution in [0.2, 0.25) is 5.02 Å². The lowest BCUT2D eigenvalue weighted by Crippen LogP contribution is -1.76. The van der Waals surface area contributed by atoms with E-state index in [1.54, 1.807) is 0 Å². The zero-order chi connectivity index (χ0) is 8.43. The van der Waals surface area contributed by atoms with E-state index in [0.717, 1.165) is 14.5 Å². The summed E-state index contributed by atoms with van der Waals surface area (Å²) in [5.74, 6) is 0. The van der Waals surface area contributed by atoms with Crippen LogP contribution in [-0.2, 0) is 0 Å². The summed E-state index contributed by atoms with van der Waals surface area (Å²) in [5, 5.41) is 0.696. The first-order chi connectivity index (χ1) is 5.11. The Labute approximate surface area is 87.5 Å². The van der Waals surface area contributed by atoms with E-state index in [1.807, 2.05) is 18.2 Å². The van der Waals surface area contributed by atoms with Crippen LogP contribution < -0.4 is 0 Å². The van der Waals surface area contributed by atoms with Gasteiger partial charge in [0.1, 0.15) is 0 Å². The van der Waals surface area contributed by atoms with Gasteiger partial charge in [0.25, 0.3) is 0 Å². The van der Waals surface area contributed by atoms with Gasteiger partial charge < -0.3 is 0 Å². The van der Waals surface area contributed by atoms with Crippen LogP contribution in [0.5, 0.6) is 0 Å². The molecule has 0 aliphatic heterocycles. The predicted octanol–water partition coefficient (Wildman–Crippen LogP) is 4.47. The van der Waals surface area contributed by atoms with Crippen LogP contribution in [-0.4, -0.2) is 0 Å². The van der Waals surface area contributed by atoms with Gasteiger partial charge in [-0.05, 0) is 12.1 Å². The molecule has 0 saturated heterocycles. The molecule has 0 amide bonds. The Bertz CT molecular complexity index is 294. The lowest BCUT2D eigenvalue weighted by Gasteiger charge is -2.00. The van der Waals surface area contributed by atoms with Gasteiger partial charge in [-0.25, -0.2) is 0 Å². The molecule has 58 valence electrons. The van der Waals surface area contributed by atoms with E-state index in [4.69, 9.17) is 11.6 Å². The first-order valence-electron chi connectivity index (χ1n) is 2.91. The van der Waals surface area contributed by atoms with E-state index in [0.29, 0.717) is 5.02 Å². The van der Waals surface area contributed by atoms with Crippen molar-refractivity contribution in [1.82, 2.24) is 0 Å². The molecule has 0 aliphatic carbocycles. The highest BCUT2D eigenvalue weighted by atomic mass is 79.9. The maximum atomic E-state index is 5.90. The standard InChI is InChI=1S/C8H5Br2Cl/c1-5(9)7-3-2-6(10)4-8(7)11/h2-4H,1H2. The average molecular weight is 296 g/mol. The van der Waals surface area contributed by atoms with Crippen molar-refractivity contribution < 1.29 is 0 Å². The van der Waals surface area contributed by atoms with Crippen LogP contribution in [0.15, 0.2) is 29.3 Å². The molecular formula is C8H5Br2Cl. The van der Waals surface area contributed by atoms with Crippen LogP contribution in [0.1, 0.15) is 5.56 Å². The van der Waals surface area contributed by atoms with Crippen molar-refractivity contribution in [3.8, 4) is 0 Å². The number of hydrogen-bond acceptors (Lipinski definition) is 0. The molecule has 3 heteroatoms. The van der Waals surface area contributed by atoms with Crippen LogP contribution in [0.4, 0.5) is 0 Å². The SMILES string of the molecule is C=C(Br)c1ccc(Br)cc1Cl. The zero-order valence-electron chi connectivity index (χ0n) is 5.57. The maximum absolute atomic E-state index is 5.90. The van der Waals surface area contributed by atoms with Gasteiger partial charge in [-0.1, -0.05) is 56.1 Å². The van der Waals surface area contributed by atoms with Crippen molar-refractivity contribution in [2.24, 2.45) is 0 Å². The first-order valence-corrected chi connectivity index (χ1v) is 4.87. The Morgan fingerprint density at radius 1 is 1.45 bits per heavy atom. The highest BCUT2D eigenvalue weighted by Crippen LogP contribution is 2.28. The molecule has 0 bridgehead atoms. The Morgan fingerprint density at radius 3 is 2.55 bits per heavy atom. The summed E-state index contributed by atoms with van der Waals surface area (Å²) in [6.45, 7) is 3.73. The van der Waals surface area contributed by atoms with Gasteiger partial charge in [0.2, 0.25) is 0 Å². The summed E-state index contributed by atoms with van der Waals surface area (Å²) < 4.78 is 1.77. The number of halogens is 3. The quantitative estimate of drug-likeness (QED) is 0.717. The molecule has 0 radical (unpaired) electrons. The fraction of sp³-hybridized carbons (Fsp3) is 0. The van der Waals surface area contributed by atoms with Crippen LogP contribution in [0.3, 0.4) is 0 Å². The molecule has 1 aromatic carbocycles. The third kappa shape index (κ3) is 2.32. The van der Waals surface area contributed by atoms with Crippen molar-refractivity contribution in [3.05, 3.63) is 39.8 Å². The molecule has 0 N–H and O–H groups in total. The Morgan fingerprint density at radius 2 is 2.09 bits per heavy atom. The molecule has 0 spiro atoms. The van der Waals surface area contributed by atoms with Crippen molar-refractivity contribution in [2.45, 2.75) is 0 Å². The molecule has 0 atom stereocenters. The number of rotatable bonds is 1. The van der Waals surface area contributed by atoms with Gasteiger partial charge in [0.05, 0.1) is 5.02 Å². The molecule has 0 saturated carbocycles. The maximum Gasteiger partial charge on any atom is 0.0500 e. The Kier molecular flexibility index (Phi) is 3.16. The van der Waals surface area contributed by atoms with E-state index >= 15 is 0 Å². The van der Waals surface area contributed by atoms with Gasteiger partial charge in [-0.3, -0.25) is 0 Å². The van der Waals surface area contributed by atoms with Gasteiger partial charge in [-0.15, -0.1) is 0 Å². The van der Waals surface area contributed by atoms with Gasteiger partial charge in [0, 0.05) is 14.5 Å².